The summed E-state index contributed by atoms with van der Waals surface area (Å²) in [6.07, 6.45) is 4.97. The van der Waals surface area contributed by atoms with Gasteiger partial charge in [0, 0.05) is 11.8 Å². The second-order valence-electron chi connectivity index (χ2n) is 5.28. The van der Waals surface area contributed by atoms with Gasteiger partial charge in [-0.2, -0.15) is 0 Å². The molecule has 3 rings (SSSR count). The molecule has 4 nitrogen and oxygen atoms in total. The second-order valence-corrected chi connectivity index (χ2v) is 5.28. The van der Waals surface area contributed by atoms with Crippen molar-refractivity contribution >= 4 is 11.6 Å². The molecule has 4 heteroatoms. The van der Waals surface area contributed by atoms with E-state index in [1.165, 1.54) is 0 Å². The lowest BCUT2D eigenvalue weighted by molar-refractivity contribution is 0.473. The summed E-state index contributed by atoms with van der Waals surface area (Å²) in [7, 11) is 0. The first kappa shape index (κ1) is 16.5. The normalized spacial score (nSPS) is 11.9. The van der Waals surface area contributed by atoms with Crippen LogP contribution in [0.5, 0.6) is 11.5 Å². The third kappa shape index (κ3) is 5.04. The molecule has 0 aliphatic rings. The van der Waals surface area contributed by atoms with Gasteiger partial charge in [-0.1, -0.05) is 36.4 Å². The summed E-state index contributed by atoms with van der Waals surface area (Å²) >= 11 is 0. The minimum Gasteiger partial charge on any atom is -0.465 e. The Morgan fingerprint density at radius 2 is 1.56 bits per heavy atom. The Balaban J connectivity index is 1.86. The molecule has 0 amide bonds. The Morgan fingerprint density at radius 1 is 0.880 bits per heavy atom. The predicted octanol–water partition coefficient (Wildman–Crippen LogP) is 5.17. The van der Waals surface area contributed by atoms with E-state index < -0.39 is 0 Å². The van der Waals surface area contributed by atoms with Gasteiger partial charge in [0.25, 0.3) is 0 Å². The van der Waals surface area contributed by atoms with Crippen LogP contribution in [0.25, 0.3) is 0 Å². The first-order valence-electron chi connectivity index (χ1n) is 7.92. The lowest BCUT2D eigenvalue weighted by Gasteiger charge is -2.10. The third-order valence-corrected chi connectivity index (χ3v) is 3.29. The molecule has 1 heterocycles. The van der Waals surface area contributed by atoms with E-state index in [0.29, 0.717) is 11.6 Å². The van der Waals surface area contributed by atoms with E-state index in [-0.39, 0.29) is 0 Å². The number of aliphatic imine (C=N–C) groups is 1. The highest BCUT2D eigenvalue weighted by Crippen LogP contribution is 2.17. The highest BCUT2D eigenvalue weighted by atomic mass is 16.5. The predicted molar refractivity (Wildman–Crippen MR) is 99.2 cm³/mol. The van der Waals surface area contributed by atoms with Crippen molar-refractivity contribution in [1.29, 1.82) is 0 Å². The number of hydrogen-bond acceptors (Lipinski definition) is 4. The van der Waals surface area contributed by atoms with E-state index in [2.05, 4.69) is 9.98 Å². The highest BCUT2D eigenvalue weighted by molar-refractivity contribution is 5.96. The van der Waals surface area contributed by atoms with Crippen LogP contribution >= 0.6 is 0 Å². The number of rotatable bonds is 5. The molecule has 0 aliphatic heterocycles. The Morgan fingerprint density at radius 3 is 2.24 bits per heavy atom. The van der Waals surface area contributed by atoms with E-state index in [4.69, 9.17) is 9.47 Å². The first-order valence-corrected chi connectivity index (χ1v) is 7.92. The van der Waals surface area contributed by atoms with Gasteiger partial charge in [-0.05, 0) is 43.3 Å². The molecule has 0 aliphatic carbocycles. The van der Waals surface area contributed by atoms with Gasteiger partial charge in [0.15, 0.2) is 0 Å². The Labute approximate surface area is 147 Å². The van der Waals surface area contributed by atoms with Crippen molar-refractivity contribution in [2.75, 3.05) is 0 Å². The monoisotopic (exact) mass is 330 g/mol. The summed E-state index contributed by atoms with van der Waals surface area (Å²) in [6, 6.07) is 22.8. The zero-order valence-corrected chi connectivity index (χ0v) is 13.9. The van der Waals surface area contributed by atoms with Crippen molar-refractivity contribution < 1.29 is 9.47 Å². The van der Waals surface area contributed by atoms with E-state index in [0.717, 1.165) is 17.0 Å². The van der Waals surface area contributed by atoms with Gasteiger partial charge < -0.3 is 9.47 Å². The van der Waals surface area contributed by atoms with Crippen LogP contribution < -0.4 is 9.47 Å². The zero-order valence-electron chi connectivity index (χ0n) is 13.9. The molecule has 3 aromatic rings. The van der Waals surface area contributed by atoms with Gasteiger partial charge >= 0.3 is 0 Å². The van der Waals surface area contributed by atoms with Gasteiger partial charge in [-0.3, -0.25) is 4.98 Å². The third-order valence-electron chi connectivity index (χ3n) is 3.29. The molecule has 0 saturated heterocycles. The van der Waals surface area contributed by atoms with Crippen LogP contribution in [0.3, 0.4) is 0 Å². The largest absolute Gasteiger partial charge is 0.465 e. The molecule has 0 unspecified atom stereocenters. The maximum Gasteiger partial charge on any atom is 0.225 e. The maximum absolute atomic E-state index is 5.91. The molecule has 0 spiro atoms. The minimum atomic E-state index is 0.454. The van der Waals surface area contributed by atoms with Gasteiger partial charge in [0.05, 0.1) is 18.1 Å². The topological polar surface area (TPSA) is 43.7 Å². The maximum atomic E-state index is 5.91. The highest BCUT2D eigenvalue weighted by Gasteiger charge is 2.07. The molecule has 2 aromatic carbocycles. The number of benzene rings is 2. The summed E-state index contributed by atoms with van der Waals surface area (Å²) in [6.45, 7) is 1.89. The molecule has 0 bridgehead atoms. The quantitative estimate of drug-likeness (QED) is 0.368. The van der Waals surface area contributed by atoms with Crippen LogP contribution in [0.4, 0.5) is 5.69 Å². The molecule has 0 radical (unpaired) electrons. The lowest BCUT2D eigenvalue weighted by atomic mass is 10.3. The molecule has 0 fully saturated rings. The van der Waals surface area contributed by atoms with Gasteiger partial charge in [0.1, 0.15) is 11.5 Å². The lowest BCUT2D eigenvalue weighted by Crippen LogP contribution is -2.11. The number of hydrogen-bond donors (Lipinski definition) is 0. The fraction of sp³-hybridized carbons (Fsp3) is 0.0476. The number of ether oxygens (including phenoxy) is 2. The summed E-state index contributed by atoms with van der Waals surface area (Å²) in [5.41, 5.74) is 1.56. The molecule has 0 N–H and O–H groups in total. The van der Waals surface area contributed by atoms with Crippen LogP contribution in [0, 0.1) is 0 Å². The van der Waals surface area contributed by atoms with Gasteiger partial charge in [-0.25, -0.2) is 4.99 Å². The molecule has 1 aromatic heterocycles. The molecule has 25 heavy (non-hydrogen) atoms. The summed E-state index contributed by atoms with van der Waals surface area (Å²) in [5.74, 6) is 1.82. The van der Waals surface area contributed by atoms with Gasteiger partial charge in [0.2, 0.25) is 5.90 Å². The van der Waals surface area contributed by atoms with Crippen molar-refractivity contribution in [3.8, 4) is 11.5 Å². The molecular formula is C21H18N2O2. The van der Waals surface area contributed by atoms with Crippen molar-refractivity contribution in [1.82, 2.24) is 4.98 Å². The summed E-state index contributed by atoms with van der Waals surface area (Å²) in [4.78, 5) is 8.65. The molecular weight excluding hydrogens is 312 g/mol. The smallest absolute Gasteiger partial charge is 0.225 e. The van der Waals surface area contributed by atoms with E-state index in [1.807, 2.05) is 79.7 Å². The molecule has 124 valence electrons. The van der Waals surface area contributed by atoms with Crippen LogP contribution in [-0.2, 0) is 0 Å². The van der Waals surface area contributed by atoms with Gasteiger partial charge in [-0.15, -0.1) is 0 Å². The molecule has 0 saturated carbocycles. The fourth-order valence-electron chi connectivity index (χ4n) is 2.04. The average Bonchev–Trinajstić information content (AvgIpc) is 2.68. The van der Waals surface area contributed by atoms with E-state index in [1.54, 1.807) is 18.7 Å². The summed E-state index contributed by atoms with van der Waals surface area (Å²) in [5, 5.41) is 0. The van der Waals surface area contributed by atoms with Crippen molar-refractivity contribution in [3.05, 3.63) is 97.0 Å². The van der Waals surface area contributed by atoms with Crippen LogP contribution in [0.1, 0.15) is 6.92 Å². The Kier molecular flexibility index (Phi) is 5.56. The van der Waals surface area contributed by atoms with Crippen molar-refractivity contribution in [3.63, 3.8) is 0 Å². The summed E-state index contributed by atoms with van der Waals surface area (Å²) < 4.78 is 11.6. The first-order chi connectivity index (χ1) is 12.3. The van der Waals surface area contributed by atoms with Crippen molar-refractivity contribution in [2.24, 2.45) is 4.99 Å². The zero-order chi connectivity index (χ0) is 17.3. The standard InChI is InChI=1S/C21H18N2O2/c1-17(16-24-19-11-6-3-7-12-19)21(23-18-9-4-2-5-10-18)25-20-13-8-14-22-15-20/h2-16H,1H3/b17-16+,23-21-. The van der Waals surface area contributed by atoms with Crippen LogP contribution in [-0.4, -0.2) is 10.9 Å². The Bertz CT molecular complexity index is 845. The minimum absolute atomic E-state index is 0.454. The Hall–Kier alpha value is -3.40. The number of para-hydroxylation sites is 2. The van der Waals surface area contributed by atoms with E-state index >= 15 is 0 Å². The number of pyridine rings is 1. The van der Waals surface area contributed by atoms with Crippen LogP contribution in [0.15, 0.2) is 102 Å². The van der Waals surface area contributed by atoms with Crippen molar-refractivity contribution in [2.45, 2.75) is 6.92 Å². The number of aromatic nitrogens is 1. The average molecular weight is 330 g/mol. The fourth-order valence-corrected chi connectivity index (χ4v) is 2.04. The number of nitrogens with zero attached hydrogens (tertiary/aromatic N) is 2. The SMILES string of the molecule is CC(=C\Oc1ccccc1)/C(=N/c1ccccc1)Oc1cccnc1. The van der Waals surface area contributed by atoms with Crippen LogP contribution in [0.2, 0.25) is 0 Å². The van der Waals surface area contributed by atoms with E-state index in [9.17, 15) is 0 Å². The molecule has 0 atom stereocenters. The second kappa shape index (κ2) is 8.45.